The number of carbonyl (C=O) groups is 1. The van der Waals surface area contributed by atoms with Crippen LogP contribution in [-0.4, -0.2) is 26.8 Å². The zero-order valence-electron chi connectivity index (χ0n) is 20.4. The summed E-state index contributed by atoms with van der Waals surface area (Å²) in [5.74, 6) is 0.209. The van der Waals surface area contributed by atoms with Crippen molar-refractivity contribution < 1.29 is 13.9 Å². The normalized spacial score (nSPS) is 10.7. The van der Waals surface area contributed by atoms with Gasteiger partial charge in [-0.1, -0.05) is 42.5 Å². The molecule has 0 unspecified atom stereocenters. The Labute approximate surface area is 220 Å². The molecule has 1 amide bonds. The Balaban J connectivity index is 0.00000320. The highest BCUT2D eigenvalue weighted by Gasteiger charge is 2.16. The second-order valence-corrected chi connectivity index (χ2v) is 8.37. The lowest BCUT2D eigenvalue weighted by Gasteiger charge is -2.10. The standard InChI is InChI=1S/C29H25FN4O2.ClH/c1-3-31-29(35)25-15-14-22(17-32-25)27-19(2)33-28-26(9-6-16-34(27)28)36-18-20-10-12-21(13-11-20)23-7-4-5-8-24(23)30;/h4-17H,3,18H2,1-2H3,(H,31,35);1H. The molecule has 0 bridgehead atoms. The molecule has 0 saturated carbocycles. The number of hydrogen-bond acceptors (Lipinski definition) is 4. The Morgan fingerprint density at radius 3 is 2.46 bits per heavy atom. The van der Waals surface area contributed by atoms with Crippen LogP contribution in [0, 0.1) is 12.7 Å². The zero-order chi connectivity index (χ0) is 25.1. The summed E-state index contributed by atoms with van der Waals surface area (Å²) in [6, 6.07) is 21.8. The molecule has 2 aromatic carbocycles. The van der Waals surface area contributed by atoms with Crippen molar-refractivity contribution in [3.63, 3.8) is 0 Å². The number of amides is 1. The number of rotatable bonds is 7. The van der Waals surface area contributed by atoms with Crippen LogP contribution in [0.15, 0.2) is 85.2 Å². The molecule has 5 rings (SSSR count). The van der Waals surface area contributed by atoms with Crippen molar-refractivity contribution in [3.05, 3.63) is 108 Å². The van der Waals surface area contributed by atoms with Crippen LogP contribution in [0.2, 0.25) is 0 Å². The average molecular weight is 517 g/mol. The van der Waals surface area contributed by atoms with Gasteiger partial charge in [0.2, 0.25) is 0 Å². The van der Waals surface area contributed by atoms with Gasteiger partial charge < -0.3 is 10.1 Å². The molecule has 0 spiro atoms. The largest absolute Gasteiger partial charge is 0.485 e. The number of benzene rings is 2. The van der Waals surface area contributed by atoms with Crippen LogP contribution in [0.3, 0.4) is 0 Å². The first-order valence-corrected chi connectivity index (χ1v) is 11.7. The van der Waals surface area contributed by atoms with Crippen LogP contribution >= 0.6 is 12.4 Å². The molecule has 0 fully saturated rings. The van der Waals surface area contributed by atoms with E-state index in [4.69, 9.17) is 9.72 Å². The lowest BCUT2D eigenvalue weighted by molar-refractivity contribution is 0.0951. The molecule has 0 aliphatic heterocycles. The number of ether oxygens (including phenoxy) is 1. The van der Waals surface area contributed by atoms with E-state index in [9.17, 15) is 9.18 Å². The summed E-state index contributed by atoms with van der Waals surface area (Å²) in [6.45, 7) is 4.70. The minimum Gasteiger partial charge on any atom is -0.485 e. The highest BCUT2D eigenvalue weighted by atomic mass is 35.5. The second-order valence-electron chi connectivity index (χ2n) is 8.37. The van der Waals surface area contributed by atoms with Crippen LogP contribution < -0.4 is 10.1 Å². The molecular weight excluding hydrogens is 491 g/mol. The lowest BCUT2D eigenvalue weighted by Crippen LogP contribution is -2.23. The number of imidazole rings is 1. The van der Waals surface area contributed by atoms with Crippen LogP contribution in [0.5, 0.6) is 5.75 Å². The van der Waals surface area contributed by atoms with Crippen molar-refractivity contribution in [1.29, 1.82) is 0 Å². The summed E-state index contributed by atoms with van der Waals surface area (Å²) in [5.41, 5.74) is 5.99. The van der Waals surface area contributed by atoms with E-state index in [1.54, 1.807) is 24.4 Å². The molecule has 0 saturated heterocycles. The molecule has 3 heterocycles. The average Bonchev–Trinajstić information content (AvgIpc) is 3.24. The van der Waals surface area contributed by atoms with E-state index in [2.05, 4.69) is 10.3 Å². The predicted molar refractivity (Wildman–Crippen MR) is 145 cm³/mol. The third-order valence-electron chi connectivity index (χ3n) is 5.93. The van der Waals surface area contributed by atoms with E-state index < -0.39 is 0 Å². The maximum Gasteiger partial charge on any atom is 0.269 e. The summed E-state index contributed by atoms with van der Waals surface area (Å²) in [4.78, 5) is 21.1. The molecule has 5 aromatic rings. The third kappa shape index (κ3) is 5.32. The fourth-order valence-electron chi connectivity index (χ4n) is 4.17. The number of hydrogen-bond donors (Lipinski definition) is 1. The van der Waals surface area contributed by atoms with E-state index in [-0.39, 0.29) is 24.1 Å². The van der Waals surface area contributed by atoms with Gasteiger partial charge in [0.1, 0.15) is 18.1 Å². The number of aryl methyl sites for hydroxylation is 1. The number of aromatic nitrogens is 3. The van der Waals surface area contributed by atoms with Gasteiger partial charge in [0.05, 0.1) is 11.4 Å². The smallest absolute Gasteiger partial charge is 0.269 e. The Bertz CT molecular complexity index is 1530. The Kier molecular flexibility index (Phi) is 7.84. The fourth-order valence-corrected chi connectivity index (χ4v) is 4.17. The van der Waals surface area contributed by atoms with Gasteiger partial charge in [-0.05, 0) is 55.3 Å². The van der Waals surface area contributed by atoms with Crippen molar-refractivity contribution in [2.45, 2.75) is 20.5 Å². The van der Waals surface area contributed by atoms with Gasteiger partial charge in [0.15, 0.2) is 11.4 Å². The second kappa shape index (κ2) is 11.2. The number of nitrogens with zero attached hydrogens (tertiary/aromatic N) is 3. The first kappa shape index (κ1) is 25.9. The fraction of sp³-hybridized carbons (Fsp3) is 0.138. The van der Waals surface area contributed by atoms with Crippen molar-refractivity contribution in [2.24, 2.45) is 0 Å². The minimum atomic E-state index is -0.243. The SMILES string of the molecule is CCNC(=O)c1ccc(-c2c(C)nc3c(OCc4ccc(-c5ccccc5F)cc4)cccn23)cn1.Cl. The van der Waals surface area contributed by atoms with Crippen molar-refractivity contribution in [2.75, 3.05) is 6.54 Å². The lowest BCUT2D eigenvalue weighted by atomic mass is 10.0. The number of nitrogens with one attached hydrogen (secondary N) is 1. The van der Waals surface area contributed by atoms with Gasteiger partial charge >= 0.3 is 0 Å². The van der Waals surface area contributed by atoms with E-state index in [1.165, 1.54) is 6.07 Å². The molecule has 188 valence electrons. The Morgan fingerprint density at radius 1 is 1.00 bits per heavy atom. The molecule has 1 N–H and O–H groups in total. The summed E-state index contributed by atoms with van der Waals surface area (Å²) >= 11 is 0. The van der Waals surface area contributed by atoms with Crippen LogP contribution in [0.25, 0.3) is 28.0 Å². The first-order valence-electron chi connectivity index (χ1n) is 11.7. The van der Waals surface area contributed by atoms with Gasteiger partial charge in [-0.25, -0.2) is 9.37 Å². The quantitative estimate of drug-likeness (QED) is 0.277. The van der Waals surface area contributed by atoms with Gasteiger partial charge in [0, 0.05) is 30.1 Å². The number of halogens is 2. The highest BCUT2D eigenvalue weighted by Crippen LogP contribution is 2.29. The van der Waals surface area contributed by atoms with Gasteiger partial charge in [-0.2, -0.15) is 0 Å². The maximum atomic E-state index is 14.1. The topological polar surface area (TPSA) is 68.5 Å². The zero-order valence-corrected chi connectivity index (χ0v) is 21.3. The van der Waals surface area contributed by atoms with Crippen molar-refractivity contribution in [1.82, 2.24) is 19.7 Å². The molecule has 0 atom stereocenters. The molecule has 8 heteroatoms. The number of fused-ring (bicyclic) bond motifs is 1. The van der Waals surface area contributed by atoms with Crippen LogP contribution in [0.4, 0.5) is 4.39 Å². The maximum absolute atomic E-state index is 14.1. The summed E-state index contributed by atoms with van der Waals surface area (Å²) in [5, 5.41) is 2.75. The number of pyridine rings is 2. The molecule has 37 heavy (non-hydrogen) atoms. The molecule has 0 radical (unpaired) electrons. The highest BCUT2D eigenvalue weighted by molar-refractivity contribution is 5.92. The van der Waals surface area contributed by atoms with Crippen LogP contribution in [0.1, 0.15) is 28.7 Å². The summed E-state index contributed by atoms with van der Waals surface area (Å²) in [7, 11) is 0. The minimum absolute atomic E-state index is 0. The first-order chi connectivity index (χ1) is 17.5. The van der Waals surface area contributed by atoms with E-state index in [1.807, 2.05) is 73.0 Å². The van der Waals surface area contributed by atoms with Crippen LogP contribution in [-0.2, 0) is 6.61 Å². The Hall–Kier alpha value is -4.23. The summed E-state index contributed by atoms with van der Waals surface area (Å²) in [6.07, 6.45) is 3.62. The predicted octanol–water partition coefficient (Wildman–Crippen LogP) is 6.26. The molecule has 0 aliphatic rings. The van der Waals surface area contributed by atoms with E-state index in [0.29, 0.717) is 35.8 Å². The van der Waals surface area contributed by atoms with E-state index in [0.717, 1.165) is 28.1 Å². The number of carbonyl (C=O) groups excluding carboxylic acids is 1. The molecule has 6 nitrogen and oxygen atoms in total. The van der Waals surface area contributed by atoms with Crippen molar-refractivity contribution in [3.8, 4) is 28.1 Å². The van der Waals surface area contributed by atoms with Crippen molar-refractivity contribution >= 4 is 24.0 Å². The molecule has 0 aliphatic carbocycles. The Morgan fingerprint density at radius 2 is 1.76 bits per heavy atom. The van der Waals surface area contributed by atoms with Gasteiger partial charge in [-0.3, -0.25) is 14.2 Å². The molecule has 3 aromatic heterocycles. The monoisotopic (exact) mass is 516 g/mol. The summed E-state index contributed by atoms with van der Waals surface area (Å²) < 4.78 is 22.2. The van der Waals surface area contributed by atoms with Gasteiger partial charge in [0.25, 0.3) is 5.91 Å². The molecular formula is C29H26ClFN4O2. The van der Waals surface area contributed by atoms with E-state index >= 15 is 0 Å². The van der Waals surface area contributed by atoms with Gasteiger partial charge in [-0.15, -0.1) is 12.4 Å². The third-order valence-corrected chi connectivity index (χ3v) is 5.93.